The number of hydrogen-bond acceptors (Lipinski definition) is 4. The number of nitrogens with two attached hydrogens (primary N) is 1. The molecule has 1 aliphatic rings. The highest BCUT2D eigenvalue weighted by molar-refractivity contribution is 7.92. The molecule has 0 radical (unpaired) electrons. The van der Waals surface area contributed by atoms with E-state index in [2.05, 4.69) is 0 Å². The third-order valence-corrected chi connectivity index (χ3v) is 4.86. The molecule has 5 heteroatoms. The fourth-order valence-corrected chi connectivity index (χ4v) is 3.56. The van der Waals surface area contributed by atoms with Crippen LogP contribution >= 0.6 is 0 Å². The first-order valence-electron chi connectivity index (χ1n) is 5.13. The topological polar surface area (TPSA) is 69.4 Å². The molecule has 0 aromatic rings. The molecule has 2 N–H and O–H groups in total. The monoisotopic (exact) mass is 221 g/mol. The Morgan fingerprint density at radius 1 is 1.50 bits per heavy atom. The van der Waals surface area contributed by atoms with Crippen LogP contribution in [0.1, 0.15) is 26.2 Å². The average Bonchev–Trinajstić information content (AvgIpc) is 2.15. The van der Waals surface area contributed by atoms with Gasteiger partial charge in [-0.25, -0.2) is 8.42 Å². The lowest BCUT2D eigenvalue weighted by Gasteiger charge is -2.28. The minimum atomic E-state index is -3.04. The van der Waals surface area contributed by atoms with Gasteiger partial charge in [0.25, 0.3) is 0 Å². The Kier molecular flexibility index (Phi) is 4.34. The van der Waals surface area contributed by atoms with Crippen LogP contribution in [0.2, 0.25) is 0 Å². The number of sulfone groups is 1. The van der Waals surface area contributed by atoms with Crippen molar-refractivity contribution in [3.05, 3.63) is 0 Å². The van der Waals surface area contributed by atoms with Crippen molar-refractivity contribution in [1.82, 2.24) is 0 Å². The van der Waals surface area contributed by atoms with Crippen molar-refractivity contribution in [3.63, 3.8) is 0 Å². The Bertz CT molecular complexity index is 263. The zero-order valence-corrected chi connectivity index (χ0v) is 9.42. The van der Waals surface area contributed by atoms with Crippen molar-refractivity contribution >= 4 is 9.84 Å². The largest absolute Gasteiger partial charge is 0.380 e. The highest BCUT2D eigenvalue weighted by Gasteiger charge is 2.33. The van der Waals surface area contributed by atoms with Crippen molar-refractivity contribution < 1.29 is 13.2 Å². The van der Waals surface area contributed by atoms with Gasteiger partial charge in [-0.2, -0.15) is 0 Å². The van der Waals surface area contributed by atoms with E-state index in [0.717, 1.165) is 6.42 Å². The normalized spacial score (nSPS) is 29.0. The van der Waals surface area contributed by atoms with Crippen LogP contribution in [0, 0.1) is 0 Å². The summed E-state index contributed by atoms with van der Waals surface area (Å²) < 4.78 is 28.7. The van der Waals surface area contributed by atoms with Crippen LogP contribution in [0.5, 0.6) is 0 Å². The molecular weight excluding hydrogens is 202 g/mol. The van der Waals surface area contributed by atoms with Gasteiger partial charge >= 0.3 is 0 Å². The standard InChI is InChI=1S/C9H19NO3S/c1-2-3-6-14(11,12)9-7-13-5-4-8(9)10/h8-9H,2-7,10H2,1H3. The van der Waals surface area contributed by atoms with E-state index in [1.54, 1.807) is 0 Å². The van der Waals surface area contributed by atoms with Crippen molar-refractivity contribution in [3.8, 4) is 0 Å². The summed E-state index contributed by atoms with van der Waals surface area (Å²) in [5.41, 5.74) is 5.78. The van der Waals surface area contributed by atoms with E-state index in [4.69, 9.17) is 10.5 Å². The SMILES string of the molecule is CCCCS(=O)(=O)C1COCCC1N. The smallest absolute Gasteiger partial charge is 0.156 e. The maximum absolute atomic E-state index is 11.8. The second-order valence-electron chi connectivity index (χ2n) is 3.79. The molecule has 1 heterocycles. The summed E-state index contributed by atoms with van der Waals surface area (Å²) in [6.07, 6.45) is 2.25. The molecule has 0 aromatic carbocycles. The van der Waals surface area contributed by atoms with E-state index in [1.807, 2.05) is 6.92 Å². The van der Waals surface area contributed by atoms with Gasteiger partial charge in [0, 0.05) is 12.6 Å². The van der Waals surface area contributed by atoms with E-state index in [0.29, 0.717) is 19.4 Å². The number of rotatable bonds is 4. The highest BCUT2D eigenvalue weighted by Crippen LogP contribution is 2.15. The fraction of sp³-hybridized carbons (Fsp3) is 1.00. The maximum Gasteiger partial charge on any atom is 0.156 e. The van der Waals surface area contributed by atoms with Crippen LogP contribution in [0.3, 0.4) is 0 Å². The Labute approximate surface area is 85.7 Å². The summed E-state index contributed by atoms with van der Waals surface area (Å²) in [6, 6.07) is -0.245. The molecule has 1 fully saturated rings. The third-order valence-electron chi connectivity index (χ3n) is 2.60. The fourth-order valence-electron chi connectivity index (χ4n) is 1.60. The van der Waals surface area contributed by atoms with Crippen LogP contribution in [-0.4, -0.2) is 38.7 Å². The minimum Gasteiger partial charge on any atom is -0.380 e. The van der Waals surface area contributed by atoms with Crippen molar-refractivity contribution in [2.24, 2.45) is 5.73 Å². The molecule has 14 heavy (non-hydrogen) atoms. The second-order valence-corrected chi connectivity index (χ2v) is 6.13. The van der Waals surface area contributed by atoms with Gasteiger partial charge in [0.15, 0.2) is 9.84 Å². The van der Waals surface area contributed by atoms with Crippen molar-refractivity contribution in [2.45, 2.75) is 37.5 Å². The molecule has 2 unspecified atom stereocenters. The molecule has 0 amide bonds. The Hall–Kier alpha value is -0.130. The summed E-state index contributed by atoms with van der Waals surface area (Å²) in [6.45, 7) is 2.83. The van der Waals surface area contributed by atoms with Gasteiger partial charge in [-0.15, -0.1) is 0 Å². The van der Waals surface area contributed by atoms with Crippen LogP contribution < -0.4 is 5.73 Å². The van der Waals surface area contributed by atoms with Gasteiger partial charge in [-0.3, -0.25) is 0 Å². The van der Waals surface area contributed by atoms with Gasteiger partial charge in [0.2, 0.25) is 0 Å². The molecule has 1 saturated heterocycles. The average molecular weight is 221 g/mol. The molecule has 84 valence electrons. The predicted molar refractivity (Wildman–Crippen MR) is 55.9 cm³/mol. The first kappa shape index (κ1) is 11.9. The highest BCUT2D eigenvalue weighted by atomic mass is 32.2. The van der Waals surface area contributed by atoms with E-state index in [9.17, 15) is 8.42 Å². The summed E-state index contributed by atoms with van der Waals surface area (Å²) in [5, 5.41) is -0.484. The Balaban J connectivity index is 2.60. The quantitative estimate of drug-likeness (QED) is 0.742. The zero-order chi connectivity index (χ0) is 10.6. The van der Waals surface area contributed by atoms with E-state index in [1.165, 1.54) is 0 Å². The lowest BCUT2D eigenvalue weighted by molar-refractivity contribution is 0.0891. The Morgan fingerprint density at radius 3 is 2.79 bits per heavy atom. The van der Waals surface area contributed by atoms with Gasteiger partial charge < -0.3 is 10.5 Å². The van der Waals surface area contributed by atoms with Crippen molar-refractivity contribution in [1.29, 1.82) is 0 Å². The maximum atomic E-state index is 11.8. The van der Waals surface area contributed by atoms with Gasteiger partial charge in [-0.05, 0) is 12.8 Å². The van der Waals surface area contributed by atoms with Crippen LogP contribution in [0.15, 0.2) is 0 Å². The molecule has 1 rings (SSSR count). The van der Waals surface area contributed by atoms with Crippen molar-refractivity contribution in [2.75, 3.05) is 19.0 Å². The molecular formula is C9H19NO3S. The predicted octanol–water partition coefficient (Wildman–Crippen LogP) is 0.318. The van der Waals surface area contributed by atoms with Crippen LogP contribution in [-0.2, 0) is 14.6 Å². The van der Waals surface area contributed by atoms with E-state index in [-0.39, 0.29) is 18.4 Å². The van der Waals surface area contributed by atoms with Crippen LogP contribution in [0.25, 0.3) is 0 Å². The molecule has 1 aliphatic heterocycles. The molecule has 2 atom stereocenters. The summed E-state index contributed by atoms with van der Waals surface area (Å²) in [7, 11) is -3.04. The second kappa shape index (κ2) is 5.09. The Morgan fingerprint density at radius 2 is 2.21 bits per heavy atom. The van der Waals surface area contributed by atoms with E-state index < -0.39 is 15.1 Å². The summed E-state index contributed by atoms with van der Waals surface area (Å²) in [5.74, 6) is 0.241. The van der Waals surface area contributed by atoms with Crippen LogP contribution in [0.4, 0.5) is 0 Å². The zero-order valence-electron chi connectivity index (χ0n) is 8.61. The molecule has 0 aliphatic carbocycles. The first-order chi connectivity index (χ1) is 6.58. The molecule has 0 spiro atoms. The summed E-state index contributed by atoms with van der Waals surface area (Å²) in [4.78, 5) is 0. The number of hydrogen-bond donors (Lipinski definition) is 1. The molecule has 0 bridgehead atoms. The first-order valence-corrected chi connectivity index (χ1v) is 6.84. The lowest BCUT2D eigenvalue weighted by atomic mass is 10.1. The molecule has 0 saturated carbocycles. The minimum absolute atomic E-state index is 0.241. The molecule has 0 aromatic heterocycles. The van der Waals surface area contributed by atoms with Gasteiger partial charge in [0.1, 0.15) is 0 Å². The third kappa shape index (κ3) is 2.93. The molecule has 4 nitrogen and oxygen atoms in total. The van der Waals surface area contributed by atoms with Gasteiger partial charge in [-0.1, -0.05) is 13.3 Å². The lowest BCUT2D eigenvalue weighted by Crippen LogP contribution is -2.48. The van der Waals surface area contributed by atoms with E-state index >= 15 is 0 Å². The number of ether oxygens (including phenoxy) is 1. The van der Waals surface area contributed by atoms with Gasteiger partial charge in [0.05, 0.1) is 17.6 Å². The number of unbranched alkanes of at least 4 members (excludes halogenated alkanes) is 1. The summed E-state index contributed by atoms with van der Waals surface area (Å²) >= 11 is 0.